The van der Waals surface area contributed by atoms with E-state index in [0.717, 1.165) is 5.56 Å². The van der Waals surface area contributed by atoms with Gasteiger partial charge in [-0.05, 0) is 58.9 Å². The Morgan fingerprint density at radius 1 is 1.35 bits per heavy atom. The number of ether oxygens (including phenoxy) is 2. The van der Waals surface area contributed by atoms with Crippen LogP contribution in [0.3, 0.4) is 0 Å². The number of carbonyl (C=O) groups excluding carboxylic acids is 1. The van der Waals surface area contributed by atoms with Crippen LogP contribution in [0.2, 0.25) is 0 Å². The Morgan fingerprint density at radius 2 is 1.96 bits per heavy atom. The third-order valence-electron chi connectivity index (χ3n) is 3.37. The van der Waals surface area contributed by atoms with Crippen LogP contribution in [-0.4, -0.2) is 35.0 Å². The summed E-state index contributed by atoms with van der Waals surface area (Å²) in [6.45, 7) is 9.54. The van der Waals surface area contributed by atoms with Crippen LogP contribution in [0.4, 0.5) is 10.5 Å². The molecular formula is C18H24N2O3. The summed E-state index contributed by atoms with van der Waals surface area (Å²) < 4.78 is 11.2. The minimum absolute atomic E-state index is 0.350. The molecule has 1 aromatic rings. The van der Waals surface area contributed by atoms with Crippen molar-refractivity contribution >= 4 is 11.8 Å². The van der Waals surface area contributed by atoms with Gasteiger partial charge in [0.15, 0.2) is 0 Å². The zero-order valence-electron chi connectivity index (χ0n) is 14.3. The van der Waals surface area contributed by atoms with E-state index in [1.54, 1.807) is 17.0 Å². The van der Waals surface area contributed by atoms with Crippen molar-refractivity contribution in [1.29, 1.82) is 0 Å². The average molecular weight is 316 g/mol. The molecule has 124 valence electrons. The number of benzene rings is 1. The average Bonchev–Trinajstić information content (AvgIpc) is 2.71. The van der Waals surface area contributed by atoms with Crippen LogP contribution in [-0.2, 0) is 9.47 Å². The molecule has 5 nitrogen and oxygen atoms in total. The standard InChI is InChI=1S/C18H24N2O3/c1-17(2,3)23-16(21)20-15(12-22-18(20,4)5)11-8-13-6-9-14(19)10-7-13/h6-7,9-10,15H,12,19H2,1-5H3. The van der Waals surface area contributed by atoms with Gasteiger partial charge in [0.2, 0.25) is 0 Å². The van der Waals surface area contributed by atoms with Gasteiger partial charge in [-0.15, -0.1) is 0 Å². The van der Waals surface area contributed by atoms with Gasteiger partial charge in [0.25, 0.3) is 0 Å². The Hall–Kier alpha value is -2.19. The predicted octanol–water partition coefficient (Wildman–Crippen LogP) is 2.99. The summed E-state index contributed by atoms with van der Waals surface area (Å²) in [5.74, 6) is 6.16. The zero-order chi connectivity index (χ0) is 17.3. The van der Waals surface area contributed by atoms with Crippen LogP contribution in [0.1, 0.15) is 40.2 Å². The lowest BCUT2D eigenvalue weighted by molar-refractivity contribution is -0.0608. The second kappa shape index (κ2) is 6.13. The Bertz CT molecular complexity index is 633. The number of carbonyl (C=O) groups is 1. The van der Waals surface area contributed by atoms with Gasteiger partial charge in [-0.3, -0.25) is 4.90 Å². The van der Waals surface area contributed by atoms with Crippen LogP contribution in [0.25, 0.3) is 0 Å². The number of rotatable bonds is 0. The van der Waals surface area contributed by atoms with Crippen LogP contribution in [0.15, 0.2) is 24.3 Å². The second-order valence-electron chi connectivity index (χ2n) is 7.02. The van der Waals surface area contributed by atoms with Crippen LogP contribution >= 0.6 is 0 Å². The fourth-order valence-corrected chi connectivity index (χ4v) is 2.30. The van der Waals surface area contributed by atoms with E-state index >= 15 is 0 Å². The number of nitrogens with zero attached hydrogens (tertiary/aromatic N) is 1. The first-order valence-corrected chi connectivity index (χ1v) is 7.62. The van der Waals surface area contributed by atoms with Crippen molar-refractivity contribution in [1.82, 2.24) is 4.90 Å². The molecule has 1 amide bonds. The van der Waals surface area contributed by atoms with E-state index in [-0.39, 0.29) is 6.04 Å². The highest BCUT2D eigenvalue weighted by Crippen LogP contribution is 2.29. The van der Waals surface area contributed by atoms with Crippen molar-refractivity contribution in [2.45, 2.75) is 52.0 Å². The quantitative estimate of drug-likeness (QED) is 0.590. The molecule has 2 N–H and O–H groups in total. The van der Waals surface area contributed by atoms with Gasteiger partial charge in [0.1, 0.15) is 17.4 Å². The molecule has 5 heteroatoms. The summed E-state index contributed by atoms with van der Waals surface area (Å²) in [6.07, 6.45) is -0.420. The zero-order valence-corrected chi connectivity index (χ0v) is 14.3. The molecule has 0 radical (unpaired) electrons. The van der Waals surface area contributed by atoms with E-state index in [1.165, 1.54) is 0 Å². The van der Waals surface area contributed by atoms with Gasteiger partial charge in [-0.1, -0.05) is 11.8 Å². The van der Waals surface area contributed by atoms with Crippen molar-refractivity contribution in [2.75, 3.05) is 12.3 Å². The number of hydrogen-bond donors (Lipinski definition) is 1. The number of nitrogen functional groups attached to an aromatic ring is 1. The molecule has 1 unspecified atom stereocenters. The third-order valence-corrected chi connectivity index (χ3v) is 3.37. The molecule has 0 spiro atoms. The van der Waals surface area contributed by atoms with Crippen LogP contribution in [0, 0.1) is 11.8 Å². The molecule has 1 aromatic carbocycles. The molecule has 1 heterocycles. The van der Waals surface area contributed by atoms with Crippen LogP contribution in [0.5, 0.6) is 0 Å². The Morgan fingerprint density at radius 3 is 2.52 bits per heavy atom. The minimum atomic E-state index is -0.747. The molecular weight excluding hydrogens is 292 g/mol. The summed E-state index contributed by atoms with van der Waals surface area (Å²) in [7, 11) is 0. The monoisotopic (exact) mass is 316 g/mol. The van der Waals surface area contributed by atoms with Gasteiger partial charge in [-0.2, -0.15) is 0 Å². The number of nitrogens with two attached hydrogens (primary N) is 1. The first-order chi connectivity index (χ1) is 10.6. The molecule has 0 aliphatic carbocycles. The fourth-order valence-electron chi connectivity index (χ4n) is 2.30. The molecule has 0 bridgehead atoms. The predicted molar refractivity (Wildman–Crippen MR) is 89.6 cm³/mol. The maximum atomic E-state index is 12.5. The maximum absolute atomic E-state index is 12.5. The van der Waals surface area contributed by atoms with Crippen molar-refractivity contribution < 1.29 is 14.3 Å². The van der Waals surface area contributed by atoms with Crippen molar-refractivity contribution in [2.24, 2.45) is 0 Å². The largest absolute Gasteiger partial charge is 0.444 e. The molecule has 2 rings (SSSR count). The number of amides is 1. The van der Waals surface area contributed by atoms with Crippen molar-refractivity contribution in [3.05, 3.63) is 29.8 Å². The molecule has 23 heavy (non-hydrogen) atoms. The summed E-state index contributed by atoms with van der Waals surface area (Å²) in [6, 6.07) is 6.94. The lowest BCUT2D eigenvalue weighted by Gasteiger charge is -2.33. The van der Waals surface area contributed by atoms with Crippen LogP contribution < -0.4 is 5.73 Å². The van der Waals surface area contributed by atoms with Gasteiger partial charge in [0.05, 0.1) is 6.61 Å². The Balaban J connectivity index is 2.20. The van der Waals surface area contributed by atoms with Crippen molar-refractivity contribution in [3.8, 4) is 11.8 Å². The smallest absolute Gasteiger partial charge is 0.413 e. The molecule has 1 atom stereocenters. The summed E-state index contributed by atoms with van der Waals surface area (Å²) in [4.78, 5) is 14.0. The minimum Gasteiger partial charge on any atom is -0.444 e. The van der Waals surface area contributed by atoms with Gasteiger partial charge < -0.3 is 15.2 Å². The molecule has 1 aliphatic heterocycles. The summed E-state index contributed by atoms with van der Waals surface area (Å²) >= 11 is 0. The van der Waals surface area contributed by atoms with E-state index in [2.05, 4.69) is 11.8 Å². The molecule has 0 aromatic heterocycles. The summed E-state index contributed by atoms with van der Waals surface area (Å²) in [5.41, 5.74) is 5.88. The Kier molecular flexibility index (Phi) is 4.58. The normalized spacial score (nSPS) is 19.9. The van der Waals surface area contributed by atoms with Gasteiger partial charge in [0, 0.05) is 11.3 Å². The van der Waals surface area contributed by atoms with Gasteiger partial charge in [-0.25, -0.2) is 4.79 Å². The maximum Gasteiger partial charge on any atom is 0.413 e. The van der Waals surface area contributed by atoms with E-state index in [0.29, 0.717) is 12.3 Å². The molecule has 0 saturated carbocycles. The first kappa shape index (κ1) is 17.2. The first-order valence-electron chi connectivity index (χ1n) is 7.62. The lowest BCUT2D eigenvalue weighted by Crippen LogP contribution is -2.49. The fraction of sp³-hybridized carbons (Fsp3) is 0.500. The van der Waals surface area contributed by atoms with E-state index < -0.39 is 17.4 Å². The highest BCUT2D eigenvalue weighted by molar-refractivity contribution is 5.70. The number of anilines is 1. The van der Waals surface area contributed by atoms with Crippen molar-refractivity contribution in [3.63, 3.8) is 0 Å². The molecule has 1 fully saturated rings. The topological polar surface area (TPSA) is 64.8 Å². The summed E-state index contributed by atoms with van der Waals surface area (Å²) in [5, 5.41) is 0. The third kappa shape index (κ3) is 4.40. The van der Waals surface area contributed by atoms with E-state index in [9.17, 15) is 4.79 Å². The number of hydrogen-bond acceptors (Lipinski definition) is 4. The highest BCUT2D eigenvalue weighted by atomic mass is 16.6. The second-order valence-corrected chi connectivity index (χ2v) is 7.02. The highest BCUT2D eigenvalue weighted by Gasteiger charge is 2.45. The molecule has 1 aliphatic rings. The molecule has 1 saturated heterocycles. The van der Waals surface area contributed by atoms with E-state index in [4.69, 9.17) is 15.2 Å². The lowest BCUT2D eigenvalue weighted by atomic mass is 10.1. The van der Waals surface area contributed by atoms with Gasteiger partial charge >= 0.3 is 6.09 Å². The van der Waals surface area contributed by atoms with E-state index in [1.807, 2.05) is 46.8 Å². The Labute approximate surface area is 137 Å². The SMILES string of the molecule is CC(C)(C)OC(=O)N1C(C#Cc2ccc(N)cc2)COC1(C)C.